The number of methoxy groups -OCH3 is 1. The maximum atomic E-state index is 11.5. The molecule has 0 bridgehead atoms. The fraction of sp³-hybridized carbons (Fsp3) is 0.250. The lowest BCUT2D eigenvalue weighted by Gasteiger charge is -2.05. The third-order valence-corrected chi connectivity index (χ3v) is 4.01. The molecule has 0 spiro atoms. The molecule has 1 aromatic heterocycles. The normalized spacial score (nSPS) is 10.8. The van der Waals surface area contributed by atoms with Crippen molar-refractivity contribution in [3.63, 3.8) is 0 Å². The van der Waals surface area contributed by atoms with Gasteiger partial charge in [-0.1, -0.05) is 18.2 Å². The van der Waals surface area contributed by atoms with Gasteiger partial charge in [0.25, 0.3) is 0 Å². The van der Waals surface area contributed by atoms with E-state index < -0.39 is 0 Å². The molecule has 124 valence electrons. The SMILES string of the molecule is CCOC(=O)CCc1ccc2[nH]c(-c3ccccc3OC)cc2c1. The van der Waals surface area contributed by atoms with Crippen LogP contribution in [0.4, 0.5) is 0 Å². The van der Waals surface area contributed by atoms with Crippen LogP contribution in [-0.2, 0) is 16.0 Å². The van der Waals surface area contributed by atoms with Gasteiger partial charge in [0.2, 0.25) is 0 Å². The molecule has 0 aliphatic heterocycles. The van der Waals surface area contributed by atoms with E-state index in [0.717, 1.165) is 33.5 Å². The largest absolute Gasteiger partial charge is 0.496 e. The number of aromatic nitrogens is 1. The van der Waals surface area contributed by atoms with Crippen molar-refractivity contribution in [2.75, 3.05) is 13.7 Å². The first-order valence-electron chi connectivity index (χ1n) is 8.12. The smallest absolute Gasteiger partial charge is 0.306 e. The lowest BCUT2D eigenvalue weighted by atomic mass is 10.1. The zero-order chi connectivity index (χ0) is 16.9. The minimum atomic E-state index is -0.152. The molecule has 4 heteroatoms. The molecule has 2 aromatic carbocycles. The number of aromatic amines is 1. The second-order valence-corrected chi connectivity index (χ2v) is 5.61. The number of fused-ring (bicyclic) bond motifs is 1. The van der Waals surface area contributed by atoms with E-state index in [1.54, 1.807) is 7.11 Å². The number of rotatable bonds is 6. The van der Waals surface area contributed by atoms with Crippen LogP contribution in [0, 0.1) is 0 Å². The Balaban J connectivity index is 1.85. The Morgan fingerprint density at radius 2 is 1.96 bits per heavy atom. The molecule has 0 aliphatic rings. The fourth-order valence-corrected chi connectivity index (χ4v) is 2.83. The molecular formula is C20H21NO3. The second kappa shape index (κ2) is 7.21. The minimum absolute atomic E-state index is 0.152. The number of H-pyrrole nitrogens is 1. The van der Waals surface area contributed by atoms with E-state index in [1.807, 2.05) is 37.3 Å². The van der Waals surface area contributed by atoms with Gasteiger partial charge in [-0.15, -0.1) is 0 Å². The van der Waals surface area contributed by atoms with Gasteiger partial charge in [-0.3, -0.25) is 4.79 Å². The first kappa shape index (κ1) is 16.1. The maximum absolute atomic E-state index is 11.5. The average Bonchev–Trinajstić information content (AvgIpc) is 3.03. The highest BCUT2D eigenvalue weighted by atomic mass is 16.5. The summed E-state index contributed by atoms with van der Waals surface area (Å²) in [5.74, 6) is 0.688. The number of aryl methyl sites for hydroxylation is 1. The Morgan fingerprint density at radius 1 is 1.12 bits per heavy atom. The number of carbonyl (C=O) groups excluding carboxylic acids is 1. The number of nitrogens with one attached hydrogen (secondary N) is 1. The van der Waals surface area contributed by atoms with E-state index in [1.165, 1.54) is 0 Å². The van der Waals surface area contributed by atoms with Gasteiger partial charge in [0.1, 0.15) is 5.75 Å². The summed E-state index contributed by atoms with van der Waals surface area (Å²) in [6.45, 7) is 2.25. The lowest BCUT2D eigenvalue weighted by Crippen LogP contribution is -2.04. The van der Waals surface area contributed by atoms with Crippen LogP contribution in [0.15, 0.2) is 48.5 Å². The van der Waals surface area contributed by atoms with Crippen LogP contribution in [0.1, 0.15) is 18.9 Å². The summed E-state index contributed by atoms with van der Waals surface area (Å²) in [7, 11) is 1.68. The first-order chi connectivity index (χ1) is 11.7. The van der Waals surface area contributed by atoms with Gasteiger partial charge in [-0.05, 0) is 49.2 Å². The molecule has 3 rings (SSSR count). The number of carbonyl (C=O) groups is 1. The summed E-state index contributed by atoms with van der Waals surface area (Å²) in [5, 5.41) is 1.12. The van der Waals surface area contributed by atoms with E-state index >= 15 is 0 Å². The molecule has 0 radical (unpaired) electrons. The molecule has 0 fully saturated rings. The maximum Gasteiger partial charge on any atom is 0.306 e. The van der Waals surface area contributed by atoms with Gasteiger partial charge in [0, 0.05) is 22.9 Å². The van der Waals surface area contributed by atoms with Gasteiger partial charge in [0.05, 0.1) is 19.4 Å². The van der Waals surface area contributed by atoms with Gasteiger partial charge in [-0.2, -0.15) is 0 Å². The predicted octanol–water partition coefficient (Wildman–Crippen LogP) is 4.34. The molecule has 0 saturated carbocycles. The first-order valence-corrected chi connectivity index (χ1v) is 8.12. The van der Waals surface area contributed by atoms with Gasteiger partial charge < -0.3 is 14.5 Å². The Labute approximate surface area is 141 Å². The molecule has 0 amide bonds. The highest BCUT2D eigenvalue weighted by Crippen LogP contribution is 2.31. The van der Waals surface area contributed by atoms with Crippen LogP contribution >= 0.6 is 0 Å². The van der Waals surface area contributed by atoms with E-state index in [0.29, 0.717) is 19.4 Å². The molecule has 3 aromatic rings. The molecule has 0 saturated heterocycles. The Kier molecular flexibility index (Phi) is 4.85. The standard InChI is InChI=1S/C20H21NO3/c1-3-24-20(22)11-9-14-8-10-17-15(12-14)13-18(21-17)16-6-4-5-7-19(16)23-2/h4-8,10,12-13,21H,3,9,11H2,1-2H3. The molecule has 0 aliphatic carbocycles. The number of benzene rings is 2. The quantitative estimate of drug-likeness (QED) is 0.687. The third kappa shape index (κ3) is 3.43. The summed E-state index contributed by atoms with van der Waals surface area (Å²) in [4.78, 5) is 14.9. The van der Waals surface area contributed by atoms with Crippen molar-refractivity contribution in [2.24, 2.45) is 0 Å². The summed E-state index contributed by atoms with van der Waals surface area (Å²) < 4.78 is 10.4. The zero-order valence-electron chi connectivity index (χ0n) is 14.0. The number of ether oxygens (including phenoxy) is 2. The van der Waals surface area contributed by atoms with Gasteiger partial charge in [0.15, 0.2) is 0 Å². The van der Waals surface area contributed by atoms with Crippen molar-refractivity contribution in [2.45, 2.75) is 19.8 Å². The molecule has 24 heavy (non-hydrogen) atoms. The van der Waals surface area contributed by atoms with Gasteiger partial charge >= 0.3 is 5.97 Å². The summed E-state index contributed by atoms with van der Waals surface area (Å²) >= 11 is 0. The monoisotopic (exact) mass is 323 g/mol. The average molecular weight is 323 g/mol. The highest BCUT2D eigenvalue weighted by Gasteiger charge is 2.09. The zero-order valence-corrected chi connectivity index (χ0v) is 14.0. The molecule has 0 atom stereocenters. The Hall–Kier alpha value is -2.75. The third-order valence-electron chi connectivity index (χ3n) is 4.01. The second-order valence-electron chi connectivity index (χ2n) is 5.61. The number of hydrogen-bond acceptors (Lipinski definition) is 3. The molecule has 1 N–H and O–H groups in total. The molecule has 0 unspecified atom stereocenters. The minimum Gasteiger partial charge on any atom is -0.496 e. The van der Waals surface area contributed by atoms with Crippen molar-refractivity contribution < 1.29 is 14.3 Å². The predicted molar refractivity (Wildman–Crippen MR) is 95.2 cm³/mol. The number of hydrogen-bond donors (Lipinski definition) is 1. The Bertz CT molecular complexity index is 851. The number of para-hydroxylation sites is 1. The molecular weight excluding hydrogens is 302 g/mol. The Morgan fingerprint density at radius 3 is 2.75 bits per heavy atom. The van der Waals surface area contributed by atoms with E-state index in [4.69, 9.17) is 9.47 Å². The summed E-state index contributed by atoms with van der Waals surface area (Å²) in [5.41, 5.74) is 4.24. The van der Waals surface area contributed by atoms with Crippen molar-refractivity contribution in [3.8, 4) is 17.0 Å². The van der Waals surface area contributed by atoms with Crippen molar-refractivity contribution >= 4 is 16.9 Å². The number of esters is 1. The van der Waals surface area contributed by atoms with Crippen LogP contribution < -0.4 is 4.74 Å². The lowest BCUT2D eigenvalue weighted by molar-refractivity contribution is -0.143. The highest BCUT2D eigenvalue weighted by molar-refractivity contribution is 5.87. The van der Waals surface area contributed by atoms with E-state index in [2.05, 4.69) is 23.2 Å². The van der Waals surface area contributed by atoms with Crippen LogP contribution in [0.25, 0.3) is 22.2 Å². The van der Waals surface area contributed by atoms with Crippen molar-refractivity contribution in [1.82, 2.24) is 4.98 Å². The van der Waals surface area contributed by atoms with Gasteiger partial charge in [-0.25, -0.2) is 0 Å². The van der Waals surface area contributed by atoms with Crippen molar-refractivity contribution in [3.05, 3.63) is 54.1 Å². The fourth-order valence-electron chi connectivity index (χ4n) is 2.83. The van der Waals surface area contributed by atoms with Crippen LogP contribution in [0.3, 0.4) is 0 Å². The summed E-state index contributed by atoms with van der Waals surface area (Å²) in [6, 6.07) is 16.3. The summed E-state index contributed by atoms with van der Waals surface area (Å²) in [6.07, 6.45) is 1.09. The molecule has 4 nitrogen and oxygen atoms in total. The van der Waals surface area contributed by atoms with Crippen LogP contribution in [0.5, 0.6) is 5.75 Å². The van der Waals surface area contributed by atoms with E-state index in [-0.39, 0.29) is 5.97 Å². The van der Waals surface area contributed by atoms with Crippen LogP contribution in [0.2, 0.25) is 0 Å². The molecule has 1 heterocycles. The van der Waals surface area contributed by atoms with Crippen molar-refractivity contribution in [1.29, 1.82) is 0 Å². The topological polar surface area (TPSA) is 51.3 Å². The van der Waals surface area contributed by atoms with E-state index in [9.17, 15) is 4.79 Å². The van der Waals surface area contributed by atoms with Crippen LogP contribution in [-0.4, -0.2) is 24.7 Å².